The maximum Gasteiger partial charge on any atom is 0.358 e. The zero-order valence-corrected chi connectivity index (χ0v) is 25.0. The third-order valence-corrected chi connectivity index (χ3v) is 5.47. The van der Waals surface area contributed by atoms with E-state index in [4.69, 9.17) is 37.9 Å². The molecule has 0 radical (unpaired) electrons. The lowest BCUT2D eigenvalue weighted by atomic mass is 10.3. The van der Waals surface area contributed by atoms with E-state index in [-0.39, 0.29) is 75.5 Å². The lowest BCUT2D eigenvalue weighted by Gasteiger charge is -2.09. The fraction of sp³-hybridized carbons (Fsp3) is 0.630. The van der Waals surface area contributed by atoms with Gasteiger partial charge in [0.1, 0.15) is 24.6 Å². The average Bonchev–Trinajstić information content (AvgIpc) is 3.62. The van der Waals surface area contributed by atoms with Gasteiger partial charge >= 0.3 is 23.9 Å². The summed E-state index contributed by atoms with van der Waals surface area (Å²) < 4.78 is 43.5. The van der Waals surface area contributed by atoms with E-state index in [9.17, 15) is 19.2 Å². The minimum absolute atomic E-state index is 0.00824. The lowest BCUT2D eigenvalue weighted by Crippen LogP contribution is -2.17. The summed E-state index contributed by atoms with van der Waals surface area (Å²) in [5.41, 5.74) is -0.0635. The minimum Gasteiger partial charge on any atom is -0.461 e. The van der Waals surface area contributed by atoms with Crippen LogP contribution < -0.4 is 0 Å². The molecule has 0 spiro atoms. The van der Waals surface area contributed by atoms with Crippen molar-refractivity contribution in [3.05, 3.63) is 34.9 Å². The topological polar surface area (TPSA) is 178 Å². The van der Waals surface area contributed by atoms with Gasteiger partial charge < -0.3 is 37.9 Å². The number of hydrogen-bond acceptors (Lipinski definition) is 14. The van der Waals surface area contributed by atoms with Gasteiger partial charge in [0.25, 0.3) is 0 Å². The van der Waals surface area contributed by atoms with Crippen LogP contribution in [-0.4, -0.2) is 124 Å². The summed E-state index contributed by atoms with van der Waals surface area (Å²) in [6, 6.07) is 2.58. The lowest BCUT2D eigenvalue weighted by molar-refractivity contribution is 0.0205. The molecule has 0 saturated carbocycles. The van der Waals surface area contributed by atoms with Gasteiger partial charge in [-0.1, -0.05) is 0 Å². The van der Waals surface area contributed by atoms with Crippen LogP contribution in [0, 0.1) is 0 Å². The number of aromatic nitrogens is 4. The Hall–Kier alpha value is -3.86. The van der Waals surface area contributed by atoms with Crippen LogP contribution in [-0.2, 0) is 51.0 Å². The van der Waals surface area contributed by atoms with Crippen LogP contribution >= 0.6 is 0 Å². The number of esters is 4. The van der Waals surface area contributed by atoms with Gasteiger partial charge in [0, 0.05) is 39.4 Å². The molecule has 0 aromatic carbocycles. The van der Waals surface area contributed by atoms with Crippen molar-refractivity contribution in [2.75, 3.05) is 80.3 Å². The van der Waals surface area contributed by atoms with Crippen LogP contribution in [0.15, 0.2) is 12.1 Å². The molecule has 16 nitrogen and oxygen atoms in total. The number of aryl methyl sites for hydroxylation is 2. The highest BCUT2D eigenvalue weighted by atomic mass is 16.6. The summed E-state index contributed by atoms with van der Waals surface area (Å²) in [6.07, 6.45) is 0.297. The smallest absolute Gasteiger partial charge is 0.358 e. The fourth-order valence-corrected chi connectivity index (χ4v) is 3.51. The first-order valence-corrected chi connectivity index (χ1v) is 13.8. The van der Waals surface area contributed by atoms with E-state index in [1.54, 1.807) is 28.1 Å². The van der Waals surface area contributed by atoms with E-state index in [1.807, 2.05) is 0 Å². The maximum atomic E-state index is 12.5. The number of nitrogens with zero attached hydrogens (tertiary/aromatic N) is 4. The highest BCUT2D eigenvalue weighted by Crippen LogP contribution is 2.13. The van der Waals surface area contributed by atoms with E-state index < -0.39 is 23.9 Å². The quantitative estimate of drug-likeness (QED) is 0.105. The van der Waals surface area contributed by atoms with Gasteiger partial charge in [-0.25, -0.2) is 19.2 Å². The van der Waals surface area contributed by atoms with Crippen LogP contribution in [0.5, 0.6) is 0 Å². The minimum atomic E-state index is -0.733. The number of methoxy groups -OCH3 is 2. The number of carbonyl (C=O) groups excluding carboxylic acids is 4. The van der Waals surface area contributed by atoms with Crippen molar-refractivity contribution in [1.29, 1.82) is 0 Å². The van der Waals surface area contributed by atoms with E-state index in [0.717, 1.165) is 0 Å². The van der Waals surface area contributed by atoms with E-state index in [2.05, 4.69) is 10.2 Å². The summed E-state index contributed by atoms with van der Waals surface area (Å²) in [4.78, 5) is 50.1. The van der Waals surface area contributed by atoms with Crippen LogP contribution in [0.3, 0.4) is 0 Å². The van der Waals surface area contributed by atoms with E-state index in [0.29, 0.717) is 32.8 Å². The zero-order valence-electron chi connectivity index (χ0n) is 25.0. The average molecular weight is 613 g/mol. The van der Waals surface area contributed by atoms with Crippen molar-refractivity contribution in [3.63, 3.8) is 0 Å². The number of ether oxygens (including phenoxy) is 8. The van der Waals surface area contributed by atoms with Gasteiger partial charge in [-0.15, -0.1) is 0 Å². The monoisotopic (exact) mass is 612 g/mol. The van der Waals surface area contributed by atoms with E-state index in [1.165, 1.54) is 21.5 Å². The second kappa shape index (κ2) is 20.1. The normalized spacial score (nSPS) is 10.9. The third-order valence-electron chi connectivity index (χ3n) is 5.47. The Morgan fingerprint density at radius 2 is 0.977 bits per heavy atom. The number of carbonyl (C=O) groups is 4. The molecule has 2 aromatic heterocycles. The molecule has 0 aliphatic carbocycles. The molecule has 16 heteroatoms. The van der Waals surface area contributed by atoms with Gasteiger partial charge in [-0.3, -0.25) is 9.36 Å². The molecule has 240 valence electrons. The second-order valence-electron chi connectivity index (χ2n) is 8.55. The van der Waals surface area contributed by atoms with Crippen LogP contribution in [0.1, 0.15) is 62.2 Å². The van der Waals surface area contributed by atoms with Crippen molar-refractivity contribution in [3.8, 4) is 0 Å². The van der Waals surface area contributed by atoms with Crippen molar-refractivity contribution in [2.45, 2.75) is 33.4 Å². The number of rotatable bonds is 22. The largest absolute Gasteiger partial charge is 0.461 e. The first-order valence-electron chi connectivity index (χ1n) is 13.8. The molecule has 0 aliphatic heterocycles. The molecule has 2 rings (SSSR count). The molecule has 0 bridgehead atoms. The van der Waals surface area contributed by atoms with E-state index >= 15 is 0 Å². The fourth-order valence-electron chi connectivity index (χ4n) is 3.51. The molecule has 0 atom stereocenters. The van der Waals surface area contributed by atoms with Gasteiger partial charge in [0.05, 0.1) is 52.9 Å². The molecule has 0 aliphatic rings. The first-order chi connectivity index (χ1) is 20.9. The number of hydrogen-bond donors (Lipinski definition) is 0. The highest BCUT2D eigenvalue weighted by molar-refractivity contribution is 5.94. The van der Waals surface area contributed by atoms with Crippen LogP contribution in [0.25, 0.3) is 0 Å². The van der Waals surface area contributed by atoms with Crippen molar-refractivity contribution in [1.82, 2.24) is 19.6 Å². The maximum absolute atomic E-state index is 12.5. The predicted octanol–water partition coefficient (Wildman–Crippen LogP) is 1.16. The van der Waals surface area contributed by atoms with Gasteiger partial charge in [0.2, 0.25) is 0 Å². The molecule has 0 N–H and O–H groups in total. The molecule has 0 amide bonds. The molecular formula is C27H40N4O12. The first kappa shape index (κ1) is 35.3. The summed E-state index contributed by atoms with van der Waals surface area (Å²) in [5.74, 6) is -2.80. The van der Waals surface area contributed by atoms with Gasteiger partial charge in [-0.2, -0.15) is 10.2 Å². The summed E-state index contributed by atoms with van der Waals surface area (Å²) in [7, 11) is 3.10. The molecule has 0 unspecified atom stereocenters. The Morgan fingerprint density at radius 3 is 1.35 bits per heavy atom. The summed E-state index contributed by atoms with van der Waals surface area (Å²) >= 11 is 0. The van der Waals surface area contributed by atoms with Gasteiger partial charge in [-0.05, 0) is 20.3 Å². The zero-order chi connectivity index (χ0) is 31.5. The SMILES string of the molecule is CCOC(=O)c1cc(C(=O)OCCOCCOC)nn1CCCn1nc(C(=O)OCCOCCOC)cc1C(=O)OCC. The molecule has 0 fully saturated rings. The Kier molecular flexibility index (Phi) is 16.5. The standard InChI is InChI=1S/C27H40N4O12/c1-5-40-26(34)22-18-20(24(32)42-16-14-38-12-10-36-3)28-30(22)8-7-9-31-23(27(35)41-6-2)19-21(29-31)25(33)43-17-15-39-13-11-37-4/h18-19H,5-17H2,1-4H3. The highest BCUT2D eigenvalue weighted by Gasteiger charge is 2.23. The van der Waals surface area contributed by atoms with Crippen molar-refractivity contribution < 1.29 is 57.1 Å². The predicted molar refractivity (Wildman–Crippen MR) is 147 cm³/mol. The van der Waals surface area contributed by atoms with Crippen molar-refractivity contribution >= 4 is 23.9 Å². The van der Waals surface area contributed by atoms with Crippen LogP contribution in [0.2, 0.25) is 0 Å². The molecular weight excluding hydrogens is 572 g/mol. The third kappa shape index (κ3) is 12.1. The Bertz CT molecular complexity index is 1070. The van der Waals surface area contributed by atoms with Gasteiger partial charge in [0.15, 0.2) is 11.4 Å². The molecule has 43 heavy (non-hydrogen) atoms. The molecule has 2 heterocycles. The Labute approximate surface area is 249 Å². The van der Waals surface area contributed by atoms with Crippen molar-refractivity contribution in [2.24, 2.45) is 0 Å². The Morgan fingerprint density at radius 1 is 0.581 bits per heavy atom. The molecule has 0 saturated heterocycles. The molecule has 2 aromatic rings. The Balaban J connectivity index is 2.07. The summed E-state index contributed by atoms with van der Waals surface area (Å²) in [5, 5.41) is 8.44. The van der Waals surface area contributed by atoms with Crippen LogP contribution in [0.4, 0.5) is 0 Å². The second-order valence-corrected chi connectivity index (χ2v) is 8.55. The summed E-state index contributed by atoms with van der Waals surface area (Å²) in [6.45, 7) is 5.71.